The van der Waals surface area contributed by atoms with Gasteiger partial charge in [-0.1, -0.05) is 45.3 Å². The number of hydrogen-bond acceptors (Lipinski definition) is 1. The van der Waals surface area contributed by atoms with E-state index >= 15 is 0 Å². The molecule has 0 aromatic carbocycles. The van der Waals surface area contributed by atoms with Gasteiger partial charge in [0, 0.05) is 0 Å². The van der Waals surface area contributed by atoms with Crippen molar-refractivity contribution in [2.75, 3.05) is 0 Å². The van der Waals surface area contributed by atoms with E-state index < -0.39 is 11.4 Å². The second-order valence-electron chi connectivity index (χ2n) is 5.95. The van der Waals surface area contributed by atoms with Crippen LogP contribution in [0, 0.1) is 11.3 Å². The van der Waals surface area contributed by atoms with Gasteiger partial charge in [0.2, 0.25) is 0 Å². The molecule has 0 spiro atoms. The van der Waals surface area contributed by atoms with Crippen LogP contribution in [0.25, 0.3) is 0 Å². The molecule has 18 heavy (non-hydrogen) atoms. The highest BCUT2D eigenvalue weighted by molar-refractivity contribution is 5.75. The van der Waals surface area contributed by atoms with Gasteiger partial charge in [-0.15, -0.1) is 0 Å². The lowest BCUT2D eigenvalue weighted by atomic mass is 9.66. The minimum absolute atomic E-state index is 0.504. The summed E-state index contributed by atoms with van der Waals surface area (Å²) < 4.78 is 0. The first kappa shape index (κ1) is 15.3. The second kappa shape index (κ2) is 6.96. The van der Waals surface area contributed by atoms with E-state index in [1.54, 1.807) is 0 Å². The molecule has 0 atom stereocenters. The number of unbranched alkanes of at least 4 members (excludes halogenated alkanes) is 1. The molecule has 0 aliphatic heterocycles. The van der Waals surface area contributed by atoms with Gasteiger partial charge in [-0.05, 0) is 44.4 Å². The van der Waals surface area contributed by atoms with Gasteiger partial charge >= 0.3 is 5.97 Å². The Balaban J connectivity index is 2.57. The van der Waals surface area contributed by atoms with E-state index in [0.717, 1.165) is 43.6 Å². The fourth-order valence-electron chi connectivity index (χ4n) is 3.08. The van der Waals surface area contributed by atoms with Crippen molar-refractivity contribution in [3.63, 3.8) is 0 Å². The third kappa shape index (κ3) is 3.86. The molecule has 0 radical (unpaired) electrons. The zero-order valence-corrected chi connectivity index (χ0v) is 12.0. The Morgan fingerprint density at radius 3 is 2.39 bits per heavy atom. The third-order valence-corrected chi connectivity index (χ3v) is 4.57. The zero-order chi connectivity index (χ0) is 13.6. The number of allylic oxidation sites excluding steroid dienone is 1. The van der Waals surface area contributed by atoms with E-state index in [1.165, 1.54) is 19.3 Å². The summed E-state index contributed by atoms with van der Waals surface area (Å²) in [6.07, 6.45) is 9.24. The summed E-state index contributed by atoms with van der Waals surface area (Å²) in [4.78, 5) is 11.6. The van der Waals surface area contributed by atoms with Gasteiger partial charge in [0.05, 0.1) is 5.41 Å². The van der Waals surface area contributed by atoms with Gasteiger partial charge in [0.1, 0.15) is 0 Å². The normalized spacial score (nSPS) is 28.0. The van der Waals surface area contributed by atoms with Crippen LogP contribution in [0.2, 0.25) is 0 Å². The minimum Gasteiger partial charge on any atom is -0.481 e. The van der Waals surface area contributed by atoms with Crippen LogP contribution in [0.3, 0.4) is 0 Å². The molecule has 0 saturated heterocycles. The number of hydrogen-bond donors (Lipinski definition) is 1. The van der Waals surface area contributed by atoms with E-state index in [-0.39, 0.29) is 0 Å². The average Bonchev–Trinajstić information content (AvgIpc) is 2.37. The van der Waals surface area contributed by atoms with Crippen LogP contribution in [0.5, 0.6) is 0 Å². The first-order valence-electron chi connectivity index (χ1n) is 7.44. The Morgan fingerprint density at radius 1 is 1.33 bits per heavy atom. The first-order valence-corrected chi connectivity index (χ1v) is 7.44. The molecule has 1 rings (SSSR count). The standard InChI is InChI=1S/C16H28O2/c1-4-6-7-14-8-10-16(11-9-14,15(17)18)12-13(3)5-2/h14H,3-12H2,1-2H3,(H,17,18). The van der Waals surface area contributed by atoms with Gasteiger partial charge in [-0.25, -0.2) is 0 Å². The van der Waals surface area contributed by atoms with Gasteiger partial charge < -0.3 is 5.11 Å². The Labute approximate surface area is 111 Å². The quantitative estimate of drug-likeness (QED) is 0.661. The Bertz CT molecular complexity index is 285. The van der Waals surface area contributed by atoms with E-state index in [1.807, 2.05) is 0 Å². The number of carbonyl (C=O) groups is 1. The van der Waals surface area contributed by atoms with Crippen LogP contribution >= 0.6 is 0 Å². The lowest BCUT2D eigenvalue weighted by Gasteiger charge is -2.37. The third-order valence-electron chi connectivity index (χ3n) is 4.57. The van der Waals surface area contributed by atoms with Crippen molar-refractivity contribution >= 4 is 5.97 Å². The van der Waals surface area contributed by atoms with Crippen LogP contribution in [0.15, 0.2) is 12.2 Å². The van der Waals surface area contributed by atoms with E-state index in [2.05, 4.69) is 20.4 Å². The molecular weight excluding hydrogens is 224 g/mol. The molecule has 0 aromatic rings. The summed E-state index contributed by atoms with van der Waals surface area (Å²) in [5.41, 5.74) is 0.583. The summed E-state index contributed by atoms with van der Waals surface area (Å²) in [5.74, 6) is 0.151. The minimum atomic E-state index is -0.606. The maximum atomic E-state index is 11.6. The smallest absolute Gasteiger partial charge is 0.309 e. The van der Waals surface area contributed by atoms with Crippen LogP contribution in [-0.4, -0.2) is 11.1 Å². The molecule has 0 heterocycles. The van der Waals surface area contributed by atoms with Crippen molar-refractivity contribution in [1.82, 2.24) is 0 Å². The van der Waals surface area contributed by atoms with E-state index in [4.69, 9.17) is 0 Å². The highest BCUT2D eigenvalue weighted by Crippen LogP contribution is 2.45. The van der Waals surface area contributed by atoms with E-state index in [0.29, 0.717) is 6.42 Å². The number of carboxylic acid groups (broad SMARTS) is 1. The maximum Gasteiger partial charge on any atom is 0.309 e. The molecular formula is C16H28O2. The van der Waals surface area contributed by atoms with Crippen molar-refractivity contribution < 1.29 is 9.90 Å². The number of aliphatic carboxylic acids is 1. The summed E-state index contributed by atoms with van der Waals surface area (Å²) >= 11 is 0. The predicted octanol–water partition coefficient (Wildman–Crippen LogP) is 4.79. The topological polar surface area (TPSA) is 37.3 Å². The highest BCUT2D eigenvalue weighted by Gasteiger charge is 2.41. The van der Waals surface area contributed by atoms with Crippen molar-refractivity contribution in [3.8, 4) is 0 Å². The molecule has 1 saturated carbocycles. The SMILES string of the molecule is C=C(CC)CC1(C(=O)O)CCC(CCCC)CC1. The van der Waals surface area contributed by atoms with Gasteiger partial charge in [-0.3, -0.25) is 4.79 Å². The summed E-state index contributed by atoms with van der Waals surface area (Å²) in [6, 6.07) is 0. The van der Waals surface area contributed by atoms with Gasteiger partial charge in [-0.2, -0.15) is 0 Å². The molecule has 0 bridgehead atoms. The lowest BCUT2D eigenvalue weighted by molar-refractivity contribution is -0.151. The Kier molecular flexibility index (Phi) is 5.90. The van der Waals surface area contributed by atoms with Gasteiger partial charge in [0.15, 0.2) is 0 Å². The largest absolute Gasteiger partial charge is 0.481 e. The van der Waals surface area contributed by atoms with Crippen LogP contribution < -0.4 is 0 Å². The lowest BCUT2D eigenvalue weighted by Crippen LogP contribution is -2.35. The molecule has 2 heteroatoms. The van der Waals surface area contributed by atoms with Crippen LogP contribution in [-0.2, 0) is 4.79 Å². The molecule has 104 valence electrons. The fourth-order valence-corrected chi connectivity index (χ4v) is 3.08. The summed E-state index contributed by atoms with van der Waals surface area (Å²) in [6.45, 7) is 8.28. The maximum absolute atomic E-state index is 11.6. The Morgan fingerprint density at radius 2 is 1.94 bits per heavy atom. The highest BCUT2D eigenvalue weighted by atomic mass is 16.4. The number of carboxylic acids is 1. The monoisotopic (exact) mass is 252 g/mol. The summed E-state index contributed by atoms with van der Waals surface area (Å²) in [5, 5.41) is 9.55. The fraction of sp³-hybridized carbons (Fsp3) is 0.812. The van der Waals surface area contributed by atoms with Crippen molar-refractivity contribution in [1.29, 1.82) is 0 Å². The van der Waals surface area contributed by atoms with Crippen molar-refractivity contribution in [2.45, 2.75) is 71.6 Å². The van der Waals surface area contributed by atoms with Gasteiger partial charge in [0.25, 0.3) is 0 Å². The zero-order valence-electron chi connectivity index (χ0n) is 12.0. The summed E-state index contributed by atoms with van der Waals surface area (Å²) in [7, 11) is 0. The van der Waals surface area contributed by atoms with Crippen molar-refractivity contribution in [2.24, 2.45) is 11.3 Å². The van der Waals surface area contributed by atoms with Crippen LogP contribution in [0.4, 0.5) is 0 Å². The molecule has 1 aliphatic rings. The predicted molar refractivity (Wildman–Crippen MR) is 75.6 cm³/mol. The molecule has 0 unspecified atom stereocenters. The molecule has 1 aliphatic carbocycles. The second-order valence-corrected chi connectivity index (χ2v) is 5.95. The number of rotatable bonds is 7. The molecule has 2 nitrogen and oxygen atoms in total. The van der Waals surface area contributed by atoms with E-state index in [9.17, 15) is 9.90 Å². The average molecular weight is 252 g/mol. The molecule has 0 aromatic heterocycles. The molecule has 0 amide bonds. The molecule has 1 N–H and O–H groups in total. The Hall–Kier alpha value is -0.790. The molecule has 1 fully saturated rings. The van der Waals surface area contributed by atoms with Crippen molar-refractivity contribution in [3.05, 3.63) is 12.2 Å². The van der Waals surface area contributed by atoms with Crippen LogP contribution in [0.1, 0.15) is 71.6 Å². The first-order chi connectivity index (χ1) is 8.54.